The van der Waals surface area contributed by atoms with Gasteiger partial charge < -0.3 is 5.11 Å². The molecule has 0 spiro atoms. The first-order valence-electron chi connectivity index (χ1n) is 7.66. The molecule has 3 fully saturated rings. The Labute approximate surface area is 116 Å². The Morgan fingerprint density at radius 3 is 2.61 bits per heavy atom. The van der Waals surface area contributed by atoms with Crippen molar-refractivity contribution in [2.75, 3.05) is 5.88 Å². The SMILES string of the molecule is CC1(C)CCC[C@]2(C)[C@@H]([C@H](O)CCl)[C@H]3CC[C@@H]2[C@@H]31. The van der Waals surface area contributed by atoms with Crippen LogP contribution in [0.5, 0.6) is 0 Å². The van der Waals surface area contributed by atoms with E-state index in [4.69, 9.17) is 11.6 Å². The van der Waals surface area contributed by atoms with Crippen LogP contribution >= 0.6 is 11.6 Å². The number of hydrogen-bond acceptors (Lipinski definition) is 1. The van der Waals surface area contributed by atoms with E-state index < -0.39 is 0 Å². The molecule has 3 aliphatic carbocycles. The predicted octanol–water partition coefficient (Wildman–Crippen LogP) is 4.07. The van der Waals surface area contributed by atoms with Gasteiger partial charge in [0, 0.05) is 5.88 Å². The fourth-order valence-electron chi connectivity index (χ4n) is 6.30. The number of hydrogen-bond donors (Lipinski definition) is 1. The van der Waals surface area contributed by atoms with Gasteiger partial charge in [0.15, 0.2) is 0 Å². The molecule has 1 N–H and O–H groups in total. The molecule has 0 aromatic carbocycles. The van der Waals surface area contributed by atoms with E-state index >= 15 is 0 Å². The van der Waals surface area contributed by atoms with Crippen LogP contribution in [-0.2, 0) is 0 Å². The van der Waals surface area contributed by atoms with Crippen LogP contribution in [0.15, 0.2) is 0 Å². The molecule has 104 valence electrons. The van der Waals surface area contributed by atoms with E-state index in [-0.39, 0.29) is 6.10 Å². The molecule has 0 radical (unpaired) electrons. The van der Waals surface area contributed by atoms with Crippen LogP contribution in [0, 0.1) is 34.5 Å². The van der Waals surface area contributed by atoms with Crippen molar-refractivity contribution in [3.63, 3.8) is 0 Å². The third kappa shape index (κ3) is 1.56. The zero-order chi connectivity index (χ0) is 13.1. The molecule has 0 amide bonds. The number of aliphatic hydroxyl groups is 1. The topological polar surface area (TPSA) is 20.2 Å². The van der Waals surface area contributed by atoms with Crippen molar-refractivity contribution >= 4 is 11.6 Å². The molecule has 0 aromatic rings. The maximum atomic E-state index is 10.4. The van der Waals surface area contributed by atoms with Gasteiger partial charge >= 0.3 is 0 Å². The normalized spacial score (nSPS) is 51.2. The van der Waals surface area contributed by atoms with Crippen LogP contribution < -0.4 is 0 Å². The minimum Gasteiger partial charge on any atom is -0.392 e. The van der Waals surface area contributed by atoms with Crippen molar-refractivity contribution in [2.45, 2.75) is 59.0 Å². The maximum Gasteiger partial charge on any atom is 0.0711 e. The molecular formula is C16H27ClO. The Kier molecular flexibility index (Phi) is 3.03. The van der Waals surface area contributed by atoms with Gasteiger partial charge in [-0.05, 0) is 60.2 Å². The summed E-state index contributed by atoms with van der Waals surface area (Å²) in [6, 6.07) is 0. The summed E-state index contributed by atoms with van der Waals surface area (Å²) in [5, 5.41) is 10.4. The lowest BCUT2D eigenvalue weighted by Crippen LogP contribution is -2.42. The second-order valence-electron chi connectivity index (χ2n) is 7.97. The highest BCUT2D eigenvalue weighted by atomic mass is 35.5. The standard InChI is InChI=1S/C16H27ClO/c1-15(2)7-4-8-16(3)11-6-5-10(13(11)15)14(16)12(18)9-17/h10-14,18H,4-9H2,1-3H3/t10-,11+,12+,13+,14+,16-/m0/s1. The van der Waals surface area contributed by atoms with E-state index in [0.29, 0.717) is 22.6 Å². The molecule has 0 aliphatic heterocycles. The van der Waals surface area contributed by atoms with Crippen LogP contribution in [0.1, 0.15) is 52.9 Å². The van der Waals surface area contributed by atoms with Crippen LogP contribution in [0.4, 0.5) is 0 Å². The summed E-state index contributed by atoms with van der Waals surface area (Å²) in [5.74, 6) is 3.26. The number of halogens is 1. The molecule has 2 heteroatoms. The Hall–Kier alpha value is 0.250. The average Bonchev–Trinajstić information content (AvgIpc) is 2.79. The first kappa shape index (κ1) is 13.2. The fraction of sp³-hybridized carbons (Fsp3) is 1.00. The molecule has 1 nitrogen and oxygen atoms in total. The fourth-order valence-corrected chi connectivity index (χ4v) is 6.49. The minimum atomic E-state index is -0.289. The minimum absolute atomic E-state index is 0.289. The molecule has 18 heavy (non-hydrogen) atoms. The molecular weight excluding hydrogens is 244 g/mol. The summed E-state index contributed by atoms with van der Waals surface area (Å²) >= 11 is 5.98. The summed E-state index contributed by atoms with van der Waals surface area (Å²) in [7, 11) is 0. The van der Waals surface area contributed by atoms with Gasteiger partial charge in [-0.2, -0.15) is 0 Å². The first-order chi connectivity index (χ1) is 8.42. The van der Waals surface area contributed by atoms with Crippen molar-refractivity contribution in [3.05, 3.63) is 0 Å². The van der Waals surface area contributed by atoms with E-state index in [0.717, 1.165) is 17.8 Å². The zero-order valence-electron chi connectivity index (χ0n) is 12.0. The monoisotopic (exact) mass is 270 g/mol. The molecule has 6 atom stereocenters. The molecule has 0 heterocycles. The lowest BCUT2D eigenvalue weighted by atomic mass is 9.63. The van der Waals surface area contributed by atoms with E-state index in [1.54, 1.807) is 0 Å². The van der Waals surface area contributed by atoms with E-state index in [9.17, 15) is 5.11 Å². The maximum absolute atomic E-state index is 10.4. The third-order valence-corrected chi connectivity index (χ3v) is 7.10. The largest absolute Gasteiger partial charge is 0.392 e. The average molecular weight is 271 g/mol. The van der Waals surface area contributed by atoms with Gasteiger partial charge in [-0.1, -0.05) is 27.2 Å². The van der Waals surface area contributed by atoms with Crippen LogP contribution in [0.25, 0.3) is 0 Å². The number of rotatable bonds is 2. The smallest absolute Gasteiger partial charge is 0.0711 e. The van der Waals surface area contributed by atoms with Gasteiger partial charge in [0.2, 0.25) is 0 Å². The van der Waals surface area contributed by atoms with Gasteiger partial charge in [-0.15, -0.1) is 11.6 Å². The van der Waals surface area contributed by atoms with Gasteiger partial charge in [0.25, 0.3) is 0 Å². The molecule has 0 saturated heterocycles. The van der Waals surface area contributed by atoms with Crippen molar-refractivity contribution in [1.29, 1.82) is 0 Å². The molecule has 0 aromatic heterocycles. The van der Waals surface area contributed by atoms with Gasteiger partial charge in [0.1, 0.15) is 0 Å². The van der Waals surface area contributed by atoms with Crippen LogP contribution in [-0.4, -0.2) is 17.1 Å². The Balaban J connectivity index is 2.02. The molecule has 3 aliphatic rings. The van der Waals surface area contributed by atoms with Crippen LogP contribution in [0.3, 0.4) is 0 Å². The number of alkyl halides is 1. The van der Waals surface area contributed by atoms with E-state index in [1.165, 1.54) is 32.1 Å². The summed E-state index contributed by atoms with van der Waals surface area (Å²) in [6.45, 7) is 7.38. The summed E-state index contributed by atoms with van der Waals surface area (Å²) in [5.41, 5.74) is 0.819. The molecule has 4 bridgehead atoms. The molecule has 3 rings (SSSR count). The molecule has 3 saturated carbocycles. The highest BCUT2D eigenvalue weighted by Gasteiger charge is 2.65. The Morgan fingerprint density at radius 2 is 1.94 bits per heavy atom. The van der Waals surface area contributed by atoms with Crippen LogP contribution in [0.2, 0.25) is 0 Å². The third-order valence-electron chi connectivity index (χ3n) is 6.79. The van der Waals surface area contributed by atoms with Crippen molar-refractivity contribution in [3.8, 4) is 0 Å². The predicted molar refractivity (Wildman–Crippen MR) is 75.7 cm³/mol. The summed E-state index contributed by atoms with van der Waals surface area (Å²) in [4.78, 5) is 0. The summed E-state index contributed by atoms with van der Waals surface area (Å²) < 4.78 is 0. The van der Waals surface area contributed by atoms with Crippen molar-refractivity contribution in [1.82, 2.24) is 0 Å². The highest BCUT2D eigenvalue weighted by molar-refractivity contribution is 6.18. The number of aliphatic hydroxyl groups excluding tert-OH is 1. The lowest BCUT2D eigenvalue weighted by Gasteiger charge is -2.43. The molecule has 0 unspecified atom stereocenters. The quantitative estimate of drug-likeness (QED) is 0.750. The zero-order valence-corrected chi connectivity index (χ0v) is 12.7. The Bertz CT molecular complexity index is 340. The van der Waals surface area contributed by atoms with Gasteiger partial charge in [-0.25, -0.2) is 0 Å². The van der Waals surface area contributed by atoms with E-state index in [1.807, 2.05) is 0 Å². The second kappa shape index (κ2) is 4.12. The highest BCUT2D eigenvalue weighted by Crippen LogP contribution is 2.71. The second-order valence-corrected chi connectivity index (χ2v) is 8.28. The Morgan fingerprint density at radius 1 is 1.22 bits per heavy atom. The van der Waals surface area contributed by atoms with Gasteiger partial charge in [-0.3, -0.25) is 0 Å². The van der Waals surface area contributed by atoms with Crippen molar-refractivity contribution < 1.29 is 5.11 Å². The van der Waals surface area contributed by atoms with E-state index in [2.05, 4.69) is 20.8 Å². The summed E-state index contributed by atoms with van der Waals surface area (Å²) in [6.07, 6.45) is 6.42. The first-order valence-corrected chi connectivity index (χ1v) is 8.19. The lowest BCUT2D eigenvalue weighted by molar-refractivity contribution is -0.0100. The van der Waals surface area contributed by atoms with Crippen molar-refractivity contribution in [2.24, 2.45) is 34.5 Å². The van der Waals surface area contributed by atoms with Gasteiger partial charge in [0.05, 0.1) is 6.10 Å².